The topological polar surface area (TPSA) is 88.8 Å². The Morgan fingerprint density at radius 1 is 1.14 bits per heavy atom. The highest BCUT2D eigenvalue weighted by molar-refractivity contribution is 6.33. The summed E-state index contributed by atoms with van der Waals surface area (Å²) in [5, 5.41) is 12.2. The van der Waals surface area contributed by atoms with E-state index in [1.165, 1.54) is 37.5 Å². The number of methoxy groups -OCH3 is 1. The lowest BCUT2D eigenvalue weighted by Gasteiger charge is -2.09. The molecule has 0 aliphatic carbocycles. The summed E-state index contributed by atoms with van der Waals surface area (Å²) in [7, 11) is 1.43. The van der Waals surface area contributed by atoms with Crippen molar-refractivity contribution in [2.24, 2.45) is 0 Å². The molecule has 0 unspecified atom stereocenters. The number of carboxylic acid groups (broad SMARTS) is 1. The van der Waals surface area contributed by atoms with Gasteiger partial charge in [-0.05, 0) is 48.5 Å². The van der Waals surface area contributed by atoms with Crippen LogP contribution in [0.25, 0.3) is 17.4 Å². The van der Waals surface area contributed by atoms with Crippen molar-refractivity contribution >= 4 is 35.2 Å². The zero-order valence-corrected chi connectivity index (χ0v) is 15.6. The molecule has 3 rings (SSSR count). The van der Waals surface area contributed by atoms with Crippen LogP contribution in [-0.2, 0) is 4.79 Å². The van der Waals surface area contributed by atoms with Crippen molar-refractivity contribution in [3.05, 3.63) is 77.0 Å². The number of carbonyl (C=O) groups is 2. The van der Waals surface area contributed by atoms with Crippen molar-refractivity contribution in [1.82, 2.24) is 0 Å². The summed E-state index contributed by atoms with van der Waals surface area (Å²) in [6.45, 7) is 0. The third-order valence-electron chi connectivity index (χ3n) is 3.87. The molecule has 3 aromatic rings. The van der Waals surface area contributed by atoms with Crippen LogP contribution < -0.4 is 10.1 Å². The van der Waals surface area contributed by atoms with Crippen LogP contribution in [-0.4, -0.2) is 24.1 Å². The summed E-state index contributed by atoms with van der Waals surface area (Å²) < 4.78 is 10.8. The van der Waals surface area contributed by atoms with Gasteiger partial charge in [0.05, 0.1) is 23.4 Å². The van der Waals surface area contributed by atoms with Crippen molar-refractivity contribution in [2.75, 3.05) is 12.4 Å². The number of ether oxygens (including phenoxy) is 1. The molecule has 1 amide bonds. The van der Waals surface area contributed by atoms with E-state index < -0.39 is 11.9 Å². The Hall–Kier alpha value is -3.51. The number of carboxylic acids is 1. The number of carbonyl (C=O) groups excluding carboxylic acids is 1. The van der Waals surface area contributed by atoms with Gasteiger partial charge < -0.3 is 19.6 Å². The minimum Gasteiger partial charge on any atom is -0.495 e. The van der Waals surface area contributed by atoms with Gasteiger partial charge in [0.25, 0.3) is 0 Å². The molecule has 1 heterocycles. The van der Waals surface area contributed by atoms with Gasteiger partial charge in [0, 0.05) is 11.6 Å². The number of aromatic carboxylic acids is 1. The van der Waals surface area contributed by atoms with Gasteiger partial charge in [-0.2, -0.15) is 0 Å². The van der Waals surface area contributed by atoms with Gasteiger partial charge in [0.2, 0.25) is 5.91 Å². The fourth-order valence-corrected chi connectivity index (χ4v) is 2.75. The largest absolute Gasteiger partial charge is 0.495 e. The van der Waals surface area contributed by atoms with Crippen LogP contribution in [0.5, 0.6) is 5.75 Å². The molecule has 0 aliphatic heterocycles. The molecule has 0 aliphatic rings. The first-order chi connectivity index (χ1) is 13.5. The number of rotatable bonds is 6. The number of nitrogens with one attached hydrogen (secondary N) is 1. The van der Waals surface area contributed by atoms with Crippen LogP contribution in [0.2, 0.25) is 5.02 Å². The number of furan rings is 1. The van der Waals surface area contributed by atoms with Crippen LogP contribution >= 0.6 is 11.6 Å². The van der Waals surface area contributed by atoms with Crippen molar-refractivity contribution in [3.63, 3.8) is 0 Å². The quantitative estimate of drug-likeness (QED) is 0.574. The molecular formula is C21H16ClNO5. The first-order valence-electron chi connectivity index (χ1n) is 8.23. The molecule has 142 valence electrons. The predicted octanol–water partition coefficient (Wildman–Crippen LogP) is 4.96. The number of amides is 1. The summed E-state index contributed by atoms with van der Waals surface area (Å²) in [5.41, 5.74) is 1.05. The summed E-state index contributed by atoms with van der Waals surface area (Å²) in [5.74, 6) is -0.156. The lowest BCUT2D eigenvalue weighted by atomic mass is 10.2. The summed E-state index contributed by atoms with van der Waals surface area (Å²) in [6.07, 6.45) is 2.78. The Bertz CT molecular complexity index is 1050. The van der Waals surface area contributed by atoms with E-state index in [0.29, 0.717) is 22.3 Å². The minimum absolute atomic E-state index is 0.0375. The fourth-order valence-electron chi connectivity index (χ4n) is 2.52. The van der Waals surface area contributed by atoms with E-state index in [-0.39, 0.29) is 11.3 Å². The third kappa shape index (κ3) is 4.42. The van der Waals surface area contributed by atoms with E-state index in [1.807, 2.05) is 18.2 Å². The Morgan fingerprint density at radius 2 is 1.93 bits per heavy atom. The Labute approximate surface area is 166 Å². The van der Waals surface area contributed by atoms with Gasteiger partial charge in [-0.25, -0.2) is 4.79 Å². The molecule has 0 saturated heterocycles. The second-order valence-corrected chi connectivity index (χ2v) is 6.13. The SMILES string of the molecule is COc1ccc(C(=O)O)cc1NC(=O)/C=C/c1ccc(-c2ccccc2Cl)o1. The van der Waals surface area contributed by atoms with Crippen molar-refractivity contribution in [1.29, 1.82) is 0 Å². The van der Waals surface area contributed by atoms with Gasteiger partial charge >= 0.3 is 5.97 Å². The van der Waals surface area contributed by atoms with Crippen molar-refractivity contribution < 1.29 is 23.8 Å². The Kier molecular flexibility index (Phi) is 5.81. The minimum atomic E-state index is -1.10. The van der Waals surface area contributed by atoms with E-state index in [2.05, 4.69) is 5.32 Å². The Balaban J connectivity index is 1.74. The molecule has 1 aromatic heterocycles. The van der Waals surface area contributed by atoms with Crippen LogP contribution in [0.1, 0.15) is 16.1 Å². The highest BCUT2D eigenvalue weighted by Crippen LogP contribution is 2.29. The zero-order valence-electron chi connectivity index (χ0n) is 14.8. The normalized spacial score (nSPS) is 10.8. The van der Waals surface area contributed by atoms with Gasteiger partial charge in [-0.3, -0.25) is 4.79 Å². The van der Waals surface area contributed by atoms with Crippen LogP contribution in [0.3, 0.4) is 0 Å². The van der Waals surface area contributed by atoms with E-state index in [0.717, 1.165) is 5.56 Å². The summed E-state index contributed by atoms with van der Waals surface area (Å²) >= 11 is 6.15. The molecule has 0 radical (unpaired) electrons. The highest BCUT2D eigenvalue weighted by atomic mass is 35.5. The molecule has 0 fully saturated rings. The average molecular weight is 398 g/mol. The highest BCUT2D eigenvalue weighted by Gasteiger charge is 2.11. The molecular weight excluding hydrogens is 382 g/mol. The molecule has 0 saturated carbocycles. The van der Waals surface area contributed by atoms with Gasteiger partial charge in [-0.1, -0.05) is 23.7 Å². The second kappa shape index (κ2) is 8.45. The Morgan fingerprint density at radius 3 is 2.64 bits per heavy atom. The average Bonchev–Trinajstić information content (AvgIpc) is 3.15. The first-order valence-corrected chi connectivity index (χ1v) is 8.61. The zero-order chi connectivity index (χ0) is 20.1. The van der Waals surface area contributed by atoms with Crippen LogP contribution in [0.4, 0.5) is 5.69 Å². The van der Waals surface area contributed by atoms with E-state index >= 15 is 0 Å². The number of halogens is 1. The maximum absolute atomic E-state index is 12.2. The molecule has 6 nitrogen and oxygen atoms in total. The molecule has 28 heavy (non-hydrogen) atoms. The van der Waals surface area contributed by atoms with Gasteiger partial charge in [-0.15, -0.1) is 0 Å². The van der Waals surface area contributed by atoms with Gasteiger partial charge in [0.15, 0.2) is 0 Å². The monoisotopic (exact) mass is 397 g/mol. The lowest BCUT2D eigenvalue weighted by Crippen LogP contribution is -2.10. The molecule has 0 bridgehead atoms. The van der Waals surface area contributed by atoms with Crippen LogP contribution in [0.15, 0.2) is 65.1 Å². The van der Waals surface area contributed by atoms with Crippen molar-refractivity contribution in [3.8, 4) is 17.1 Å². The number of anilines is 1. The second-order valence-electron chi connectivity index (χ2n) is 5.72. The third-order valence-corrected chi connectivity index (χ3v) is 4.20. The van der Waals surface area contributed by atoms with Gasteiger partial charge in [0.1, 0.15) is 17.3 Å². The summed E-state index contributed by atoms with van der Waals surface area (Å²) in [4.78, 5) is 23.3. The lowest BCUT2D eigenvalue weighted by molar-refractivity contribution is -0.111. The maximum Gasteiger partial charge on any atom is 0.335 e. The maximum atomic E-state index is 12.2. The first kappa shape index (κ1) is 19.3. The van der Waals surface area contributed by atoms with E-state index in [1.54, 1.807) is 18.2 Å². The molecule has 0 spiro atoms. The molecule has 2 aromatic carbocycles. The molecule has 0 atom stereocenters. The fraction of sp³-hybridized carbons (Fsp3) is 0.0476. The van der Waals surface area contributed by atoms with E-state index in [9.17, 15) is 9.59 Å². The number of benzene rings is 2. The van der Waals surface area contributed by atoms with E-state index in [4.69, 9.17) is 25.9 Å². The molecule has 2 N–H and O–H groups in total. The van der Waals surface area contributed by atoms with Crippen LogP contribution in [0, 0.1) is 0 Å². The van der Waals surface area contributed by atoms with Crippen molar-refractivity contribution in [2.45, 2.75) is 0 Å². The smallest absolute Gasteiger partial charge is 0.335 e. The summed E-state index contributed by atoms with van der Waals surface area (Å²) in [6, 6.07) is 15.0. The predicted molar refractivity (Wildman–Crippen MR) is 107 cm³/mol. The number of hydrogen-bond acceptors (Lipinski definition) is 4. The molecule has 7 heteroatoms. The standard InChI is InChI=1S/C21H16ClNO5/c1-27-19-9-6-13(21(25)26)12-17(19)23-20(24)11-8-14-7-10-18(28-14)15-4-2-3-5-16(15)22/h2-12H,1H3,(H,23,24)(H,25,26)/b11-8+. The number of hydrogen-bond donors (Lipinski definition) is 2.